The highest BCUT2D eigenvalue weighted by atomic mass is 79.9. The lowest BCUT2D eigenvalue weighted by atomic mass is 10.2. The maximum Gasteiger partial charge on any atom is 0.260 e. The van der Waals surface area contributed by atoms with Gasteiger partial charge in [0, 0.05) is 13.2 Å². The number of nitrogens with one attached hydrogen (secondary N) is 1. The van der Waals surface area contributed by atoms with Crippen LogP contribution in [0, 0.1) is 6.92 Å². The van der Waals surface area contributed by atoms with E-state index in [1.807, 2.05) is 25.1 Å². The van der Waals surface area contributed by atoms with Gasteiger partial charge in [0.25, 0.3) is 5.91 Å². The fraction of sp³-hybridized carbons (Fsp3) is 0.533. The lowest BCUT2D eigenvalue weighted by Gasteiger charge is -2.17. The fourth-order valence-electron chi connectivity index (χ4n) is 2.11. The second-order valence-electron chi connectivity index (χ2n) is 5.07. The number of ether oxygens (including phenoxy) is 2. The van der Waals surface area contributed by atoms with E-state index in [2.05, 4.69) is 21.2 Å². The maximum atomic E-state index is 12.0. The molecular weight excluding hydrogens is 322 g/mol. The first kappa shape index (κ1) is 15.3. The molecule has 1 saturated heterocycles. The van der Waals surface area contributed by atoms with E-state index in [1.165, 1.54) is 0 Å². The van der Waals surface area contributed by atoms with Gasteiger partial charge in [-0.05, 0) is 60.3 Å². The van der Waals surface area contributed by atoms with Crippen LogP contribution >= 0.6 is 15.9 Å². The second-order valence-corrected chi connectivity index (χ2v) is 5.93. The second kappa shape index (κ2) is 7.09. The Morgan fingerprint density at radius 3 is 3.05 bits per heavy atom. The number of carbonyl (C=O) groups excluding carboxylic acids is 1. The van der Waals surface area contributed by atoms with Crippen molar-refractivity contribution in [3.05, 3.63) is 28.2 Å². The van der Waals surface area contributed by atoms with E-state index < -0.39 is 6.10 Å². The van der Waals surface area contributed by atoms with Crippen LogP contribution in [0.2, 0.25) is 0 Å². The van der Waals surface area contributed by atoms with Crippen molar-refractivity contribution in [2.45, 2.75) is 38.9 Å². The lowest BCUT2D eigenvalue weighted by Crippen LogP contribution is -2.40. The van der Waals surface area contributed by atoms with Gasteiger partial charge in [0.2, 0.25) is 0 Å². The monoisotopic (exact) mass is 341 g/mol. The van der Waals surface area contributed by atoms with Gasteiger partial charge in [-0.1, -0.05) is 6.07 Å². The number of benzene rings is 1. The normalized spacial score (nSPS) is 19.6. The summed E-state index contributed by atoms with van der Waals surface area (Å²) in [7, 11) is 0. The van der Waals surface area contributed by atoms with Gasteiger partial charge in [-0.25, -0.2) is 0 Å². The molecule has 0 aliphatic carbocycles. The molecule has 0 bridgehead atoms. The minimum atomic E-state index is -0.532. The van der Waals surface area contributed by atoms with E-state index in [0.29, 0.717) is 12.3 Å². The summed E-state index contributed by atoms with van der Waals surface area (Å²) < 4.78 is 12.0. The average molecular weight is 342 g/mol. The molecule has 0 aromatic heterocycles. The van der Waals surface area contributed by atoms with Crippen LogP contribution in [-0.2, 0) is 9.53 Å². The van der Waals surface area contributed by atoms with Crippen LogP contribution in [0.5, 0.6) is 5.75 Å². The van der Waals surface area contributed by atoms with Crippen LogP contribution in [0.4, 0.5) is 0 Å². The third kappa shape index (κ3) is 4.21. The smallest absolute Gasteiger partial charge is 0.260 e. The third-order valence-corrected chi connectivity index (χ3v) is 3.91. The topological polar surface area (TPSA) is 47.6 Å². The van der Waals surface area contributed by atoms with Crippen LogP contribution in [0.25, 0.3) is 0 Å². The van der Waals surface area contributed by atoms with Gasteiger partial charge in [0.05, 0.1) is 10.6 Å². The number of rotatable bonds is 5. The Kier molecular flexibility index (Phi) is 5.43. The van der Waals surface area contributed by atoms with Crippen LogP contribution in [-0.4, -0.2) is 31.3 Å². The Bertz CT molecular complexity index is 472. The van der Waals surface area contributed by atoms with Gasteiger partial charge in [0.1, 0.15) is 5.75 Å². The van der Waals surface area contributed by atoms with Crippen molar-refractivity contribution in [1.82, 2.24) is 5.32 Å². The minimum Gasteiger partial charge on any atom is -0.480 e. The van der Waals surface area contributed by atoms with Gasteiger partial charge in [-0.15, -0.1) is 0 Å². The summed E-state index contributed by atoms with van der Waals surface area (Å²) in [6, 6.07) is 5.78. The molecule has 1 heterocycles. The predicted octanol–water partition coefficient (Wildman–Crippen LogP) is 2.82. The largest absolute Gasteiger partial charge is 0.480 e. The van der Waals surface area contributed by atoms with E-state index >= 15 is 0 Å². The third-order valence-electron chi connectivity index (χ3n) is 3.29. The number of amides is 1. The first-order chi connectivity index (χ1) is 9.56. The highest BCUT2D eigenvalue weighted by molar-refractivity contribution is 9.10. The van der Waals surface area contributed by atoms with Crippen LogP contribution < -0.4 is 10.1 Å². The number of halogens is 1. The van der Waals surface area contributed by atoms with E-state index in [9.17, 15) is 4.79 Å². The number of aryl methyl sites for hydroxylation is 1. The van der Waals surface area contributed by atoms with E-state index in [-0.39, 0.29) is 12.0 Å². The van der Waals surface area contributed by atoms with Gasteiger partial charge < -0.3 is 14.8 Å². The Balaban J connectivity index is 1.83. The molecule has 2 rings (SSSR count). The number of carbonyl (C=O) groups is 1. The fourth-order valence-corrected chi connectivity index (χ4v) is 2.70. The van der Waals surface area contributed by atoms with Crippen LogP contribution in [0.3, 0.4) is 0 Å². The zero-order valence-electron chi connectivity index (χ0n) is 11.8. The molecule has 2 atom stereocenters. The molecule has 0 saturated carbocycles. The molecule has 1 amide bonds. The summed E-state index contributed by atoms with van der Waals surface area (Å²) in [5.41, 5.74) is 1.14. The molecule has 1 aliphatic rings. The number of hydrogen-bond acceptors (Lipinski definition) is 3. The molecule has 110 valence electrons. The summed E-state index contributed by atoms with van der Waals surface area (Å²) in [4.78, 5) is 12.0. The van der Waals surface area contributed by atoms with Crippen LogP contribution in [0.15, 0.2) is 22.7 Å². The van der Waals surface area contributed by atoms with Crippen molar-refractivity contribution >= 4 is 21.8 Å². The molecule has 20 heavy (non-hydrogen) atoms. The Morgan fingerprint density at radius 1 is 1.60 bits per heavy atom. The minimum absolute atomic E-state index is 0.118. The van der Waals surface area contributed by atoms with Gasteiger partial charge in [0.15, 0.2) is 6.10 Å². The first-order valence-electron chi connectivity index (χ1n) is 6.88. The molecule has 1 N–H and O–H groups in total. The Morgan fingerprint density at radius 2 is 2.40 bits per heavy atom. The zero-order chi connectivity index (χ0) is 14.5. The molecule has 4 nitrogen and oxygen atoms in total. The van der Waals surface area contributed by atoms with Crippen molar-refractivity contribution in [1.29, 1.82) is 0 Å². The summed E-state index contributed by atoms with van der Waals surface area (Å²) >= 11 is 3.44. The Hall–Kier alpha value is -1.07. The summed E-state index contributed by atoms with van der Waals surface area (Å²) in [5, 5.41) is 2.87. The highest BCUT2D eigenvalue weighted by Crippen LogP contribution is 2.26. The van der Waals surface area contributed by atoms with E-state index in [1.54, 1.807) is 6.92 Å². The SMILES string of the molecule is Cc1ccc(OC(C)C(=O)NCC2CCCO2)c(Br)c1. The van der Waals surface area contributed by atoms with Crippen molar-refractivity contribution in [3.8, 4) is 5.75 Å². The molecular formula is C15H20BrNO3. The van der Waals surface area contributed by atoms with Crippen molar-refractivity contribution in [2.24, 2.45) is 0 Å². The quantitative estimate of drug-likeness (QED) is 0.895. The van der Waals surface area contributed by atoms with Crippen LogP contribution in [0.1, 0.15) is 25.3 Å². The molecule has 2 unspecified atom stereocenters. The molecule has 1 aromatic rings. The molecule has 1 fully saturated rings. The zero-order valence-corrected chi connectivity index (χ0v) is 13.4. The highest BCUT2D eigenvalue weighted by Gasteiger charge is 2.20. The Labute approximate surface area is 128 Å². The van der Waals surface area contributed by atoms with Crippen molar-refractivity contribution in [3.63, 3.8) is 0 Å². The molecule has 0 spiro atoms. The lowest BCUT2D eigenvalue weighted by molar-refractivity contribution is -0.127. The van der Waals surface area contributed by atoms with Crippen molar-refractivity contribution in [2.75, 3.05) is 13.2 Å². The molecule has 5 heteroatoms. The maximum absolute atomic E-state index is 12.0. The van der Waals surface area contributed by atoms with Gasteiger partial charge in [-0.2, -0.15) is 0 Å². The average Bonchev–Trinajstić information content (AvgIpc) is 2.92. The van der Waals surface area contributed by atoms with E-state index in [0.717, 1.165) is 29.5 Å². The number of hydrogen-bond donors (Lipinski definition) is 1. The van der Waals surface area contributed by atoms with Gasteiger partial charge >= 0.3 is 0 Å². The molecule has 1 aromatic carbocycles. The van der Waals surface area contributed by atoms with E-state index in [4.69, 9.17) is 9.47 Å². The first-order valence-corrected chi connectivity index (χ1v) is 7.67. The van der Waals surface area contributed by atoms with Crippen molar-refractivity contribution < 1.29 is 14.3 Å². The summed E-state index contributed by atoms with van der Waals surface area (Å²) in [6.07, 6.45) is 1.70. The predicted molar refractivity (Wildman–Crippen MR) is 81.0 cm³/mol. The standard InChI is InChI=1S/C15H20BrNO3/c1-10-5-6-14(13(16)8-10)20-11(2)15(18)17-9-12-4-3-7-19-12/h5-6,8,11-12H,3-4,7,9H2,1-2H3,(H,17,18). The van der Waals surface area contributed by atoms with Gasteiger partial charge in [-0.3, -0.25) is 4.79 Å². The summed E-state index contributed by atoms with van der Waals surface area (Å²) in [6.45, 7) is 5.11. The molecule has 1 aliphatic heterocycles. The summed E-state index contributed by atoms with van der Waals surface area (Å²) in [5.74, 6) is 0.559. The molecule has 0 radical (unpaired) electrons.